The Hall–Kier alpha value is -2.85. The average molecular weight is 460 g/mol. The Bertz CT molecular complexity index is 1230. The quantitative estimate of drug-likeness (QED) is 0.575. The van der Waals surface area contributed by atoms with Crippen molar-refractivity contribution in [3.8, 4) is 5.88 Å². The van der Waals surface area contributed by atoms with Crippen LogP contribution in [0.4, 0.5) is 21.6 Å². The van der Waals surface area contributed by atoms with Crippen LogP contribution in [0.2, 0.25) is 0 Å². The first kappa shape index (κ1) is 22.3. The van der Waals surface area contributed by atoms with Gasteiger partial charge in [-0.3, -0.25) is 0 Å². The topological polar surface area (TPSA) is 98.6 Å². The Kier molecular flexibility index (Phi) is 6.52. The lowest BCUT2D eigenvalue weighted by Gasteiger charge is -2.28. The van der Waals surface area contributed by atoms with Crippen LogP contribution < -0.4 is 10.1 Å². The summed E-state index contributed by atoms with van der Waals surface area (Å²) in [4.78, 5) is 12.8. The number of hydrogen-bond donors (Lipinski definition) is 1. The lowest BCUT2D eigenvalue weighted by molar-refractivity contribution is 0.0317. The molecule has 0 amide bonds. The molecule has 0 spiro atoms. The van der Waals surface area contributed by atoms with Crippen LogP contribution in [0.25, 0.3) is 10.9 Å². The maximum Gasteiger partial charge on any atom is 0.238 e. The molecule has 2 heterocycles. The van der Waals surface area contributed by atoms with Crippen molar-refractivity contribution >= 4 is 37.8 Å². The Morgan fingerprint density at radius 3 is 2.59 bits per heavy atom. The van der Waals surface area contributed by atoms with Crippen molar-refractivity contribution < 1.29 is 18.1 Å². The fraction of sp³-hybridized carbons (Fsp3) is 0.409. The lowest BCUT2D eigenvalue weighted by Crippen LogP contribution is -2.28. The van der Waals surface area contributed by atoms with Crippen LogP contribution in [0.3, 0.4) is 0 Å². The van der Waals surface area contributed by atoms with Crippen molar-refractivity contribution in [3.63, 3.8) is 0 Å². The van der Waals surface area contributed by atoms with Crippen molar-refractivity contribution in [3.05, 3.63) is 42.6 Å². The number of anilines is 2. The summed E-state index contributed by atoms with van der Waals surface area (Å²) < 4.78 is 42.6. The molecule has 1 aromatic carbocycles. The molecule has 4 rings (SSSR count). The zero-order valence-corrected chi connectivity index (χ0v) is 19.1. The van der Waals surface area contributed by atoms with Gasteiger partial charge in [0.15, 0.2) is 0 Å². The predicted octanol–water partition coefficient (Wildman–Crippen LogP) is 4.60. The first-order valence-corrected chi connectivity index (χ1v) is 12.7. The molecule has 1 aliphatic rings. The lowest BCUT2D eigenvalue weighted by atomic mass is 9.95. The molecule has 0 bridgehead atoms. The van der Waals surface area contributed by atoms with Gasteiger partial charge in [-0.15, -0.1) is 0 Å². The van der Waals surface area contributed by atoms with Crippen molar-refractivity contribution in [1.82, 2.24) is 15.0 Å². The molecule has 1 fully saturated rings. The molecule has 0 aliphatic heterocycles. The molecule has 3 aromatic rings. The Morgan fingerprint density at radius 1 is 1.12 bits per heavy atom. The van der Waals surface area contributed by atoms with Gasteiger partial charge in [0.25, 0.3) is 0 Å². The minimum absolute atomic E-state index is 0.0397. The van der Waals surface area contributed by atoms with Crippen molar-refractivity contribution in [2.24, 2.45) is 4.36 Å². The van der Waals surface area contributed by atoms with Crippen LogP contribution in [0.15, 0.2) is 41.2 Å². The van der Waals surface area contributed by atoms with Crippen LogP contribution in [-0.2, 0) is 14.5 Å². The number of benzene rings is 1. The second kappa shape index (κ2) is 9.33. The first-order chi connectivity index (χ1) is 15.3. The van der Waals surface area contributed by atoms with E-state index in [1.165, 1.54) is 24.9 Å². The maximum absolute atomic E-state index is 15.0. The van der Waals surface area contributed by atoms with Gasteiger partial charge < -0.3 is 14.8 Å². The third-order valence-corrected chi connectivity index (χ3v) is 5.91. The second-order valence-electron chi connectivity index (χ2n) is 8.05. The standard InChI is InChI=1S/C22H26FN5O3S/c1-30-15-6-8-16(9-7-15)31-22-18(5-4-10-24-22)27-21-20-17(23)11-14(28-32(2,3)29)12-19(20)25-13-26-21/h4-5,10-13,15-16H,6-9H2,1-3H3,(H,25,26,27). The van der Waals surface area contributed by atoms with Crippen LogP contribution in [0.5, 0.6) is 5.88 Å². The highest BCUT2D eigenvalue weighted by molar-refractivity contribution is 7.92. The molecule has 8 nitrogen and oxygen atoms in total. The summed E-state index contributed by atoms with van der Waals surface area (Å²) in [5.41, 5.74) is 1.21. The number of halogens is 1. The van der Waals surface area contributed by atoms with Crippen molar-refractivity contribution in [1.29, 1.82) is 0 Å². The minimum Gasteiger partial charge on any atom is -0.473 e. The number of methoxy groups -OCH3 is 1. The largest absolute Gasteiger partial charge is 0.473 e. The number of hydrogen-bond acceptors (Lipinski definition) is 8. The minimum atomic E-state index is -2.43. The van der Waals surface area contributed by atoms with Gasteiger partial charge in [-0.25, -0.2) is 23.6 Å². The molecule has 0 saturated heterocycles. The van der Waals surface area contributed by atoms with E-state index in [1.807, 2.05) is 6.07 Å². The van der Waals surface area contributed by atoms with Gasteiger partial charge in [0.2, 0.25) is 5.88 Å². The summed E-state index contributed by atoms with van der Waals surface area (Å²) in [6.07, 6.45) is 9.93. The number of aromatic nitrogens is 3. The zero-order valence-electron chi connectivity index (χ0n) is 18.2. The fourth-order valence-corrected chi connectivity index (χ4v) is 4.39. The molecular formula is C22H26FN5O3S. The van der Waals surface area contributed by atoms with Crippen LogP contribution >= 0.6 is 0 Å². The summed E-state index contributed by atoms with van der Waals surface area (Å²) in [5.74, 6) is 0.162. The van der Waals surface area contributed by atoms with E-state index in [9.17, 15) is 8.60 Å². The third-order valence-electron chi connectivity index (χ3n) is 5.26. The summed E-state index contributed by atoms with van der Waals surface area (Å²) in [6.45, 7) is 0. The summed E-state index contributed by atoms with van der Waals surface area (Å²) in [6, 6.07) is 6.40. The van der Waals surface area contributed by atoms with Crippen LogP contribution in [0, 0.1) is 5.82 Å². The van der Waals surface area contributed by atoms with Gasteiger partial charge in [0, 0.05) is 41.6 Å². The van der Waals surface area contributed by atoms with Gasteiger partial charge in [-0.1, -0.05) is 0 Å². The van der Waals surface area contributed by atoms with Crippen LogP contribution in [-0.4, -0.2) is 51.0 Å². The van der Waals surface area contributed by atoms with E-state index in [0.29, 0.717) is 17.1 Å². The number of nitrogens with one attached hydrogen (secondary N) is 1. The summed E-state index contributed by atoms with van der Waals surface area (Å²) in [5, 5.41) is 3.35. The smallest absolute Gasteiger partial charge is 0.238 e. The molecular weight excluding hydrogens is 433 g/mol. The van der Waals surface area contributed by atoms with E-state index in [2.05, 4.69) is 24.6 Å². The molecule has 32 heavy (non-hydrogen) atoms. The van der Waals surface area contributed by atoms with E-state index >= 15 is 0 Å². The number of rotatable bonds is 6. The van der Waals surface area contributed by atoms with Gasteiger partial charge in [-0.2, -0.15) is 4.36 Å². The highest BCUT2D eigenvalue weighted by Crippen LogP contribution is 2.33. The Balaban J connectivity index is 1.62. The molecule has 0 unspecified atom stereocenters. The van der Waals surface area contributed by atoms with E-state index in [0.717, 1.165) is 25.7 Å². The van der Waals surface area contributed by atoms with Crippen molar-refractivity contribution in [2.75, 3.05) is 24.9 Å². The predicted molar refractivity (Wildman–Crippen MR) is 123 cm³/mol. The van der Waals surface area contributed by atoms with E-state index in [4.69, 9.17) is 9.47 Å². The van der Waals surface area contributed by atoms with Gasteiger partial charge in [-0.05, 0) is 43.9 Å². The maximum atomic E-state index is 15.0. The van der Waals surface area contributed by atoms with E-state index < -0.39 is 15.5 Å². The van der Waals surface area contributed by atoms with E-state index in [1.54, 1.807) is 25.4 Å². The molecule has 170 valence electrons. The number of fused-ring (bicyclic) bond motifs is 1. The molecule has 2 aromatic heterocycles. The molecule has 10 heteroatoms. The molecule has 1 saturated carbocycles. The Morgan fingerprint density at radius 2 is 1.88 bits per heavy atom. The summed E-state index contributed by atoms with van der Waals surface area (Å²) >= 11 is 0. The summed E-state index contributed by atoms with van der Waals surface area (Å²) in [7, 11) is -0.696. The molecule has 1 N–H and O–H groups in total. The highest BCUT2D eigenvalue weighted by atomic mass is 32.2. The monoisotopic (exact) mass is 459 g/mol. The van der Waals surface area contributed by atoms with Crippen LogP contribution in [0.1, 0.15) is 25.7 Å². The van der Waals surface area contributed by atoms with Gasteiger partial charge in [0.05, 0.1) is 22.7 Å². The number of pyridine rings is 1. The molecule has 1 aliphatic carbocycles. The van der Waals surface area contributed by atoms with Gasteiger partial charge in [0.1, 0.15) is 29.8 Å². The van der Waals surface area contributed by atoms with E-state index in [-0.39, 0.29) is 29.1 Å². The SMILES string of the molecule is COC1CCC(Oc2ncccc2Nc2ncnc3cc(N=S(C)(C)=O)cc(F)c23)CC1. The van der Waals surface area contributed by atoms with Gasteiger partial charge >= 0.3 is 0 Å². The Labute approximate surface area is 186 Å². The zero-order chi connectivity index (χ0) is 22.7. The molecule has 0 atom stereocenters. The first-order valence-electron chi connectivity index (χ1n) is 10.4. The number of ether oxygens (including phenoxy) is 2. The third kappa shape index (κ3) is 5.31. The van der Waals surface area contributed by atoms with Crippen molar-refractivity contribution in [2.45, 2.75) is 37.9 Å². The fourth-order valence-electron chi connectivity index (χ4n) is 3.78. The number of nitrogens with zero attached hydrogens (tertiary/aromatic N) is 4. The normalized spacial score (nSPS) is 19.0. The second-order valence-corrected chi connectivity index (χ2v) is 10.6. The highest BCUT2D eigenvalue weighted by Gasteiger charge is 2.23. The average Bonchev–Trinajstić information content (AvgIpc) is 2.74. The molecule has 0 radical (unpaired) electrons.